The molecule has 0 atom stereocenters. The van der Waals surface area contributed by atoms with Gasteiger partial charge in [-0.3, -0.25) is 0 Å². The molecule has 0 saturated heterocycles. The van der Waals surface area contributed by atoms with Gasteiger partial charge in [-0.25, -0.2) is 27.8 Å². The summed E-state index contributed by atoms with van der Waals surface area (Å²) in [5, 5.41) is 6.99. The van der Waals surface area contributed by atoms with Crippen molar-refractivity contribution in [2.24, 2.45) is 0 Å². The Bertz CT molecular complexity index is 1040. The largest absolute Gasteiger partial charge is 0.573 e. The van der Waals surface area contributed by atoms with Gasteiger partial charge in [0.25, 0.3) is 0 Å². The second kappa shape index (κ2) is 8.45. The van der Waals surface area contributed by atoms with Gasteiger partial charge in [0.2, 0.25) is 10.0 Å². The first-order valence-electron chi connectivity index (χ1n) is 8.14. The van der Waals surface area contributed by atoms with Crippen LogP contribution in [0.2, 0.25) is 0 Å². The Morgan fingerprint density at radius 1 is 1.10 bits per heavy atom. The van der Waals surface area contributed by atoms with Crippen LogP contribution in [0.1, 0.15) is 0 Å². The molecular weight excluding hydrogens is 413 g/mol. The third kappa shape index (κ3) is 5.89. The fraction of sp³-hybridized carbons (Fsp3) is 0.188. The van der Waals surface area contributed by atoms with Crippen LogP contribution >= 0.6 is 0 Å². The van der Waals surface area contributed by atoms with Crippen molar-refractivity contribution in [1.82, 2.24) is 24.5 Å². The standard InChI is InChI=1S/C16H15F3N6O3S/c17-16(18,19)28-12-2-4-13(5-3-12)29(26,27)24-8-7-20-14-10-15(22-11-21-14)25-9-1-6-23-25/h1-6,9-11,24H,7-8H2,(H,20,21,22). The van der Waals surface area contributed by atoms with Gasteiger partial charge in [0.15, 0.2) is 5.82 Å². The Hall–Kier alpha value is -3.19. The summed E-state index contributed by atoms with van der Waals surface area (Å²) in [6.07, 6.45) is -0.187. The van der Waals surface area contributed by atoms with Gasteiger partial charge >= 0.3 is 6.36 Å². The summed E-state index contributed by atoms with van der Waals surface area (Å²) in [6, 6.07) is 7.29. The molecule has 2 heterocycles. The first-order valence-corrected chi connectivity index (χ1v) is 9.63. The minimum Gasteiger partial charge on any atom is -0.406 e. The number of aromatic nitrogens is 4. The Kier molecular flexibility index (Phi) is 5.98. The van der Waals surface area contributed by atoms with E-state index in [9.17, 15) is 21.6 Å². The summed E-state index contributed by atoms with van der Waals surface area (Å²) < 4.78 is 68.5. The maximum atomic E-state index is 12.2. The van der Waals surface area contributed by atoms with Crippen LogP contribution in [0.15, 0.2) is 60.0 Å². The minimum absolute atomic E-state index is 0.0181. The van der Waals surface area contributed by atoms with Crippen molar-refractivity contribution < 1.29 is 26.3 Å². The number of halogens is 3. The molecule has 3 rings (SSSR count). The number of alkyl halides is 3. The highest BCUT2D eigenvalue weighted by Gasteiger charge is 2.31. The predicted molar refractivity (Wildman–Crippen MR) is 96.0 cm³/mol. The third-order valence-corrected chi connectivity index (χ3v) is 4.96. The number of sulfonamides is 1. The molecule has 0 aliphatic carbocycles. The minimum atomic E-state index is -4.84. The first kappa shape index (κ1) is 20.5. The van der Waals surface area contributed by atoms with E-state index in [4.69, 9.17) is 0 Å². The second-order valence-electron chi connectivity index (χ2n) is 5.56. The molecule has 0 saturated carbocycles. The molecule has 154 valence electrons. The summed E-state index contributed by atoms with van der Waals surface area (Å²) in [7, 11) is -3.89. The van der Waals surface area contributed by atoms with Crippen LogP contribution in [0.3, 0.4) is 0 Å². The molecule has 0 radical (unpaired) electrons. The lowest BCUT2D eigenvalue weighted by atomic mass is 10.3. The Labute approximate surface area is 163 Å². The molecule has 1 aromatic carbocycles. The quantitative estimate of drug-likeness (QED) is 0.528. The van der Waals surface area contributed by atoms with Crippen LogP contribution in [0.25, 0.3) is 5.82 Å². The van der Waals surface area contributed by atoms with Crippen LogP contribution in [-0.4, -0.2) is 47.6 Å². The molecule has 0 amide bonds. The average Bonchev–Trinajstić information content (AvgIpc) is 3.20. The predicted octanol–water partition coefficient (Wildman–Crippen LogP) is 1.95. The number of ether oxygens (including phenoxy) is 1. The number of nitrogens with one attached hydrogen (secondary N) is 2. The zero-order valence-electron chi connectivity index (χ0n) is 14.7. The van der Waals surface area contributed by atoms with Crippen molar-refractivity contribution in [1.29, 1.82) is 0 Å². The highest BCUT2D eigenvalue weighted by atomic mass is 32.2. The topological polar surface area (TPSA) is 111 Å². The fourth-order valence-electron chi connectivity index (χ4n) is 2.25. The van der Waals surface area contributed by atoms with Crippen LogP contribution in [-0.2, 0) is 10.0 Å². The van der Waals surface area contributed by atoms with Crippen molar-refractivity contribution >= 4 is 15.8 Å². The Balaban J connectivity index is 1.53. The second-order valence-corrected chi connectivity index (χ2v) is 7.32. The highest BCUT2D eigenvalue weighted by Crippen LogP contribution is 2.23. The number of anilines is 1. The van der Waals surface area contributed by atoms with Gasteiger partial charge < -0.3 is 10.1 Å². The van der Waals surface area contributed by atoms with E-state index in [-0.39, 0.29) is 18.0 Å². The summed E-state index contributed by atoms with van der Waals surface area (Å²) in [4.78, 5) is 7.92. The normalized spacial score (nSPS) is 12.0. The van der Waals surface area contributed by atoms with Gasteiger partial charge in [0, 0.05) is 31.5 Å². The lowest BCUT2D eigenvalue weighted by molar-refractivity contribution is -0.274. The molecule has 0 aliphatic rings. The van der Waals surface area contributed by atoms with Crippen LogP contribution < -0.4 is 14.8 Å². The molecule has 2 N–H and O–H groups in total. The molecule has 0 aliphatic heterocycles. The van der Waals surface area contributed by atoms with Crippen molar-refractivity contribution in [2.75, 3.05) is 18.4 Å². The summed E-state index contributed by atoms with van der Waals surface area (Å²) in [6.45, 7) is 0.230. The van der Waals surface area contributed by atoms with Gasteiger partial charge in [-0.2, -0.15) is 5.10 Å². The average molecular weight is 428 g/mol. The van der Waals surface area contributed by atoms with E-state index < -0.39 is 22.1 Å². The number of hydrogen-bond donors (Lipinski definition) is 2. The first-order chi connectivity index (χ1) is 13.7. The zero-order valence-corrected chi connectivity index (χ0v) is 15.5. The van der Waals surface area contributed by atoms with Crippen molar-refractivity contribution in [2.45, 2.75) is 11.3 Å². The SMILES string of the molecule is O=S(=O)(NCCNc1cc(-n2cccn2)ncn1)c1ccc(OC(F)(F)F)cc1. The van der Waals surface area contributed by atoms with Crippen LogP contribution in [0.4, 0.5) is 19.0 Å². The van der Waals surface area contributed by atoms with E-state index >= 15 is 0 Å². The molecule has 13 heteroatoms. The van der Waals surface area contributed by atoms with E-state index in [1.807, 2.05) is 0 Å². The molecule has 0 bridgehead atoms. The van der Waals surface area contributed by atoms with Crippen LogP contribution in [0.5, 0.6) is 5.75 Å². The molecule has 29 heavy (non-hydrogen) atoms. The van der Waals surface area contributed by atoms with E-state index in [0.29, 0.717) is 11.6 Å². The fourth-order valence-corrected chi connectivity index (χ4v) is 3.28. The molecule has 0 spiro atoms. The Morgan fingerprint density at radius 2 is 1.86 bits per heavy atom. The van der Waals surface area contributed by atoms with Gasteiger partial charge in [-0.1, -0.05) is 0 Å². The number of benzene rings is 1. The van der Waals surface area contributed by atoms with Gasteiger partial charge in [-0.05, 0) is 30.3 Å². The maximum absolute atomic E-state index is 12.2. The summed E-state index contributed by atoms with van der Waals surface area (Å²) in [5.74, 6) is 0.502. The molecule has 0 fully saturated rings. The summed E-state index contributed by atoms with van der Waals surface area (Å²) in [5.41, 5.74) is 0. The van der Waals surface area contributed by atoms with E-state index in [0.717, 1.165) is 24.3 Å². The summed E-state index contributed by atoms with van der Waals surface area (Å²) >= 11 is 0. The number of hydrogen-bond acceptors (Lipinski definition) is 7. The molecule has 0 unspecified atom stereocenters. The number of nitrogens with zero attached hydrogens (tertiary/aromatic N) is 4. The van der Waals surface area contributed by atoms with Crippen LogP contribution in [0, 0.1) is 0 Å². The van der Waals surface area contributed by atoms with E-state index in [1.54, 1.807) is 29.2 Å². The Morgan fingerprint density at radius 3 is 2.52 bits per heavy atom. The van der Waals surface area contributed by atoms with Gasteiger partial charge in [0.1, 0.15) is 17.9 Å². The third-order valence-electron chi connectivity index (χ3n) is 3.48. The monoisotopic (exact) mass is 428 g/mol. The number of rotatable bonds is 8. The van der Waals surface area contributed by atoms with E-state index in [2.05, 4.69) is 29.8 Å². The van der Waals surface area contributed by atoms with Crippen molar-refractivity contribution in [3.8, 4) is 11.6 Å². The maximum Gasteiger partial charge on any atom is 0.573 e. The van der Waals surface area contributed by atoms with E-state index in [1.165, 1.54) is 6.33 Å². The smallest absolute Gasteiger partial charge is 0.406 e. The van der Waals surface area contributed by atoms with Gasteiger partial charge in [-0.15, -0.1) is 13.2 Å². The molecule has 9 nitrogen and oxygen atoms in total. The zero-order chi connectivity index (χ0) is 20.9. The highest BCUT2D eigenvalue weighted by molar-refractivity contribution is 7.89. The lowest BCUT2D eigenvalue weighted by Crippen LogP contribution is -2.29. The molecule has 3 aromatic rings. The lowest BCUT2D eigenvalue weighted by Gasteiger charge is -2.11. The molecular formula is C16H15F3N6O3S. The van der Waals surface area contributed by atoms with Crippen molar-refractivity contribution in [3.05, 3.63) is 55.1 Å². The van der Waals surface area contributed by atoms with Gasteiger partial charge in [0.05, 0.1) is 4.90 Å². The molecule has 2 aromatic heterocycles. The van der Waals surface area contributed by atoms with Crippen molar-refractivity contribution in [3.63, 3.8) is 0 Å².